The van der Waals surface area contributed by atoms with E-state index >= 15 is 0 Å². The van der Waals surface area contributed by atoms with E-state index in [0.29, 0.717) is 18.6 Å². The van der Waals surface area contributed by atoms with E-state index < -0.39 is 0 Å². The Bertz CT molecular complexity index is 333. The molecular formula is C12H19N3. The molecule has 1 fully saturated rings. The van der Waals surface area contributed by atoms with Crippen molar-refractivity contribution in [2.45, 2.75) is 38.8 Å². The van der Waals surface area contributed by atoms with E-state index in [-0.39, 0.29) is 0 Å². The van der Waals surface area contributed by atoms with Gasteiger partial charge in [-0.3, -0.25) is 0 Å². The van der Waals surface area contributed by atoms with Crippen molar-refractivity contribution < 1.29 is 0 Å². The van der Waals surface area contributed by atoms with Crippen molar-refractivity contribution in [3.05, 3.63) is 23.9 Å². The largest absolute Gasteiger partial charge is 0.350 e. The quantitative estimate of drug-likeness (QED) is 0.813. The Kier molecular flexibility index (Phi) is 2.91. The lowest BCUT2D eigenvalue weighted by molar-refractivity contribution is 0.629. The Morgan fingerprint density at radius 2 is 2.33 bits per heavy atom. The molecule has 82 valence electrons. The van der Waals surface area contributed by atoms with Crippen molar-refractivity contribution in [3.63, 3.8) is 0 Å². The van der Waals surface area contributed by atoms with Gasteiger partial charge in [0.15, 0.2) is 0 Å². The van der Waals surface area contributed by atoms with Crippen LogP contribution in [0.3, 0.4) is 0 Å². The standard InChI is InChI=1S/C12H19N3/c1-9-5-6-14-12(7-9)15(10(2)8-13)11-3-4-11/h5-7,10-11H,3-4,8,13H2,1-2H3. The normalized spacial score (nSPS) is 17.5. The molecule has 2 N–H and O–H groups in total. The van der Waals surface area contributed by atoms with Crippen molar-refractivity contribution in [1.82, 2.24) is 4.98 Å². The smallest absolute Gasteiger partial charge is 0.129 e. The fraction of sp³-hybridized carbons (Fsp3) is 0.583. The van der Waals surface area contributed by atoms with Crippen molar-refractivity contribution in [2.75, 3.05) is 11.4 Å². The van der Waals surface area contributed by atoms with E-state index in [0.717, 1.165) is 5.82 Å². The summed E-state index contributed by atoms with van der Waals surface area (Å²) in [4.78, 5) is 6.81. The summed E-state index contributed by atoms with van der Waals surface area (Å²) in [5, 5.41) is 0. The molecule has 1 unspecified atom stereocenters. The molecule has 1 saturated carbocycles. The summed E-state index contributed by atoms with van der Waals surface area (Å²) >= 11 is 0. The van der Waals surface area contributed by atoms with Gasteiger partial charge in [0.25, 0.3) is 0 Å². The Labute approximate surface area is 91.3 Å². The van der Waals surface area contributed by atoms with Gasteiger partial charge in [0, 0.05) is 24.8 Å². The van der Waals surface area contributed by atoms with Crippen LogP contribution in [0.5, 0.6) is 0 Å². The number of nitrogens with two attached hydrogens (primary N) is 1. The summed E-state index contributed by atoms with van der Waals surface area (Å²) in [7, 11) is 0. The summed E-state index contributed by atoms with van der Waals surface area (Å²) < 4.78 is 0. The van der Waals surface area contributed by atoms with Gasteiger partial charge in [-0.1, -0.05) is 0 Å². The molecule has 1 heterocycles. The molecule has 1 aromatic heterocycles. The number of pyridine rings is 1. The highest BCUT2D eigenvalue weighted by atomic mass is 15.3. The number of hydrogen-bond acceptors (Lipinski definition) is 3. The Balaban J connectivity index is 2.23. The van der Waals surface area contributed by atoms with E-state index in [2.05, 4.69) is 29.8 Å². The highest BCUT2D eigenvalue weighted by Gasteiger charge is 2.32. The van der Waals surface area contributed by atoms with Gasteiger partial charge < -0.3 is 10.6 Å². The van der Waals surface area contributed by atoms with Gasteiger partial charge in [0.2, 0.25) is 0 Å². The van der Waals surface area contributed by atoms with Crippen LogP contribution in [0.1, 0.15) is 25.3 Å². The molecule has 1 atom stereocenters. The third-order valence-corrected chi connectivity index (χ3v) is 2.92. The predicted octanol–water partition coefficient (Wildman–Crippen LogP) is 1.71. The fourth-order valence-corrected chi connectivity index (χ4v) is 1.90. The summed E-state index contributed by atoms with van der Waals surface area (Å²) in [6.45, 7) is 4.96. The number of aryl methyl sites for hydroxylation is 1. The van der Waals surface area contributed by atoms with Crippen LogP contribution in [0.2, 0.25) is 0 Å². The number of anilines is 1. The number of aromatic nitrogens is 1. The van der Waals surface area contributed by atoms with Gasteiger partial charge in [-0.25, -0.2) is 4.98 Å². The highest BCUT2D eigenvalue weighted by molar-refractivity contribution is 5.44. The number of hydrogen-bond donors (Lipinski definition) is 1. The first-order valence-corrected chi connectivity index (χ1v) is 5.63. The van der Waals surface area contributed by atoms with Crippen LogP contribution in [-0.2, 0) is 0 Å². The third kappa shape index (κ3) is 2.29. The summed E-state index contributed by atoms with van der Waals surface area (Å²) in [6.07, 6.45) is 4.43. The van der Waals surface area contributed by atoms with Crippen LogP contribution < -0.4 is 10.6 Å². The molecular weight excluding hydrogens is 186 g/mol. The van der Waals surface area contributed by atoms with Crippen LogP contribution in [0, 0.1) is 6.92 Å². The Morgan fingerprint density at radius 3 is 2.87 bits per heavy atom. The molecule has 0 aliphatic heterocycles. The monoisotopic (exact) mass is 205 g/mol. The summed E-state index contributed by atoms with van der Waals surface area (Å²) in [5.41, 5.74) is 7.00. The molecule has 3 heteroatoms. The Morgan fingerprint density at radius 1 is 1.60 bits per heavy atom. The second-order valence-corrected chi connectivity index (χ2v) is 4.41. The maximum absolute atomic E-state index is 5.74. The molecule has 0 aromatic carbocycles. The first-order chi connectivity index (χ1) is 7.22. The van der Waals surface area contributed by atoms with Gasteiger partial charge in [0.1, 0.15) is 5.82 Å². The summed E-state index contributed by atoms with van der Waals surface area (Å²) in [6, 6.07) is 5.22. The average molecular weight is 205 g/mol. The van der Waals surface area contributed by atoms with Gasteiger partial charge in [-0.15, -0.1) is 0 Å². The van der Waals surface area contributed by atoms with Gasteiger partial charge >= 0.3 is 0 Å². The maximum atomic E-state index is 5.74. The molecule has 0 amide bonds. The average Bonchev–Trinajstić information content (AvgIpc) is 3.02. The van der Waals surface area contributed by atoms with E-state index in [1.807, 2.05) is 12.3 Å². The molecule has 3 nitrogen and oxygen atoms in total. The van der Waals surface area contributed by atoms with E-state index in [1.54, 1.807) is 0 Å². The number of nitrogens with zero attached hydrogens (tertiary/aromatic N) is 2. The minimum Gasteiger partial charge on any atom is -0.350 e. The minimum absolute atomic E-state index is 0.381. The van der Waals surface area contributed by atoms with Crippen LogP contribution in [0.4, 0.5) is 5.82 Å². The van der Waals surface area contributed by atoms with E-state index in [1.165, 1.54) is 18.4 Å². The Hall–Kier alpha value is -1.09. The zero-order chi connectivity index (χ0) is 10.8. The molecule has 0 saturated heterocycles. The van der Waals surface area contributed by atoms with E-state index in [4.69, 9.17) is 5.73 Å². The third-order valence-electron chi connectivity index (χ3n) is 2.92. The molecule has 2 rings (SSSR count). The van der Waals surface area contributed by atoms with Gasteiger partial charge in [-0.2, -0.15) is 0 Å². The lowest BCUT2D eigenvalue weighted by Gasteiger charge is -2.29. The van der Waals surface area contributed by atoms with Gasteiger partial charge in [-0.05, 0) is 44.4 Å². The lowest BCUT2D eigenvalue weighted by Crippen LogP contribution is -2.40. The van der Waals surface area contributed by atoms with E-state index in [9.17, 15) is 0 Å². The van der Waals surface area contributed by atoms with Crippen molar-refractivity contribution in [1.29, 1.82) is 0 Å². The lowest BCUT2D eigenvalue weighted by atomic mass is 10.2. The first-order valence-electron chi connectivity index (χ1n) is 5.63. The van der Waals surface area contributed by atoms with Crippen LogP contribution >= 0.6 is 0 Å². The van der Waals surface area contributed by atoms with Crippen LogP contribution in [0.15, 0.2) is 18.3 Å². The maximum Gasteiger partial charge on any atom is 0.129 e. The molecule has 0 radical (unpaired) electrons. The van der Waals surface area contributed by atoms with Crippen molar-refractivity contribution >= 4 is 5.82 Å². The topological polar surface area (TPSA) is 42.2 Å². The van der Waals surface area contributed by atoms with Crippen LogP contribution in [-0.4, -0.2) is 23.6 Å². The SMILES string of the molecule is Cc1ccnc(N(C(C)CN)C2CC2)c1. The zero-order valence-electron chi connectivity index (χ0n) is 9.48. The zero-order valence-corrected chi connectivity index (χ0v) is 9.48. The summed E-state index contributed by atoms with van der Waals surface area (Å²) in [5.74, 6) is 1.08. The molecule has 15 heavy (non-hydrogen) atoms. The fourth-order valence-electron chi connectivity index (χ4n) is 1.90. The minimum atomic E-state index is 0.381. The molecule has 0 spiro atoms. The van der Waals surface area contributed by atoms with Crippen molar-refractivity contribution in [3.8, 4) is 0 Å². The predicted molar refractivity (Wildman–Crippen MR) is 63.0 cm³/mol. The second-order valence-electron chi connectivity index (χ2n) is 4.41. The van der Waals surface area contributed by atoms with Crippen molar-refractivity contribution in [2.24, 2.45) is 5.73 Å². The molecule has 1 aromatic rings. The molecule has 0 bridgehead atoms. The molecule has 1 aliphatic carbocycles. The first kappa shape index (κ1) is 10.4. The second kappa shape index (κ2) is 4.19. The van der Waals surface area contributed by atoms with Crippen LogP contribution in [0.25, 0.3) is 0 Å². The molecule has 1 aliphatic rings. The van der Waals surface area contributed by atoms with Gasteiger partial charge in [0.05, 0.1) is 0 Å². The highest BCUT2D eigenvalue weighted by Crippen LogP contribution is 2.32. The number of rotatable bonds is 4.